The lowest BCUT2D eigenvalue weighted by molar-refractivity contribution is 0.144. The van der Waals surface area contributed by atoms with Crippen molar-refractivity contribution in [2.45, 2.75) is 18.0 Å². The van der Waals surface area contributed by atoms with Crippen molar-refractivity contribution in [2.24, 2.45) is 0 Å². The number of ether oxygens (including phenoxy) is 1. The van der Waals surface area contributed by atoms with E-state index in [4.69, 9.17) is 9.84 Å². The molecule has 2 aliphatic heterocycles. The molecule has 126 valence electrons. The third-order valence-corrected chi connectivity index (χ3v) is 5.53. The van der Waals surface area contributed by atoms with Crippen LogP contribution in [0.5, 0.6) is 5.75 Å². The van der Waals surface area contributed by atoms with Crippen LogP contribution in [0, 0.1) is 0 Å². The van der Waals surface area contributed by atoms with Crippen LogP contribution in [0.15, 0.2) is 29.3 Å². The van der Waals surface area contributed by atoms with Crippen LogP contribution in [0.2, 0.25) is 0 Å². The normalized spacial score (nSPS) is 16.1. The zero-order chi connectivity index (χ0) is 16.9. The van der Waals surface area contributed by atoms with E-state index in [9.17, 15) is 13.2 Å². The van der Waals surface area contributed by atoms with Crippen LogP contribution < -0.4 is 10.1 Å². The van der Waals surface area contributed by atoms with Gasteiger partial charge in [-0.15, -0.1) is 0 Å². The molecule has 2 aliphatic rings. The van der Waals surface area contributed by atoms with Crippen molar-refractivity contribution >= 4 is 21.8 Å². The molecule has 1 aromatic carbocycles. The van der Waals surface area contributed by atoms with Gasteiger partial charge >= 0.3 is 6.09 Å². The number of hydrogen-bond acceptors (Lipinski definition) is 6. The van der Waals surface area contributed by atoms with Gasteiger partial charge in [0.25, 0.3) is 10.0 Å². The summed E-state index contributed by atoms with van der Waals surface area (Å²) in [6.07, 6.45) is 0.319. The molecular formula is C14H14N4O5S. The van der Waals surface area contributed by atoms with Crippen molar-refractivity contribution in [1.82, 2.24) is 14.1 Å². The smallest absolute Gasteiger partial charge is 0.407 e. The van der Waals surface area contributed by atoms with Gasteiger partial charge in [0.15, 0.2) is 0 Å². The number of carbonyl (C=O) groups is 1. The van der Waals surface area contributed by atoms with Gasteiger partial charge in [-0.2, -0.15) is 17.6 Å². The Hall–Kier alpha value is -2.75. The summed E-state index contributed by atoms with van der Waals surface area (Å²) < 4.78 is 31.8. The molecule has 2 N–H and O–H groups in total. The SMILES string of the molecule is O=C(O)N1Cc2cn(S(=O)(=O)c3ccc4c(c3)NCCO4)nc2C1. The van der Waals surface area contributed by atoms with E-state index in [0.29, 0.717) is 35.8 Å². The highest BCUT2D eigenvalue weighted by atomic mass is 32.2. The second kappa shape index (κ2) is 5.13. The predicted octanol–water partition coefficient (Wildman–Crippen LogP) is 0.918. The molecule has 10 heteroatoms. The van der Waals surface area contributed by atoms with E-state index in [1.54, 1.807) is 6.07 Å². The number of nitrogens with one attached hydrogen (secondary N) is 1. The van der Waals surface area contributed by atoms with Crippen molar-refractivity contribution in [2.75, 3.05) is 18.5 Å². The number of fused-ring (bicyclic) bond motifs is 2. The van der Waals surface area contributed by atoms with E-state index >= 15 is 0 Å². The van der Waals surface area contributed by atoms with Gasteiger partial charge in [-0.3, -0.25) is 4.90 Å². The maximum absolute atomic E-state index is 12.7. The predicted molar refractivity (Wildman–Crippen MR) is 82.5 cm³/mol. The first-order chi connectivity index (χ1) is 11.4. The van der Waals surface area contributed by atoms with Gasteiger partial charge in [0.2, 0.25) is 0 Å². The van der Waals surface area contributed by atoms with Crippen LogP contribution in [-0.2, 0) is 23.1 Å². The monoisotopic (exact) mass is 350 g/mol. The molecule has 4 rings (SSSR count). The summed E-state index contributed by atoms with van der Waals surface area (Å²) in [7, 11) is -3.84. The number of carboxylic acid groups (broad SMARTS) is 1. The number of nitrogens with zero attached hydrogens (tertiary/aromatic N) is 3. The van der Waals surface area contributed by atoms with E-state index in [0.717, 1.165) is 4.09 Å². The minimum atomic E-state index is -3.84. The summed E-state index contributed by atoms with van der Waals surface area (Å²) in [5, 5.41) is 16.1. The maximum atomic E-state index is 12.7. The molecule has 0 saturated carbocycles. The Balaban J connectivity index is 1.67. The molecule has 0 fully saturated rings. The van der Waals surface area contributed by atoms with Crippen molar-refractivity contribution in [3.63, 3.8) is 0 Å². The lowest BCUT2D eigenvalue weighted by Crippen LogP contribution is -2.24. The highest BCUT2D eigenvalue weighted by Gasteiger charge is 2.29. The maximum Gasteiger partial charge on any atom is 0.407 e. The molecule has 0 unspecified atom stereocenters. The minimum absolute atomic E-state index is 0.0900. The Morgan fingerprint density at radius 3 is 2.92 bits per heavy atom. The Morgan fingerprint density at radius 1 is 1.33 bits per heavy atom. The number of aromatic nitrogens is 2. The van der Waals surface area contributed by atoms with E-state index in [-0.39, 0.29) is 18.0 Å². The van der Waals surface area contributed by atoms with Gasteiger partial charge in [-0.05, 0) is 18.2 Å². The highest BCUT2D eigenvalue weighted by Crippen LogP contribution is 2.31. The lowest BCUT2D eigenvalue weighted by Gasteiger charge is -2.19. The Bertz CT molecular complexity index is 913. The largest absolute Gasteiger partial charge is 0.490 e. The molecule has 0 atom stereocenters. The molecule has 0 spiro atoms. The van der Waals surface area contributed by atoms with E-state index in [2.05, 4.69) is 10.4 Å². The molecule has 2 aromatic rings. The number of amides is 1. The molecular weight excluding hydrogens is 336 g/mol. The van der Waals surface area contributed by atoms with E-state index in [1.807, 2.05) is 0 Å². The molecule has 1 amide bonds. The molecule has 0 aliphatic carbocycles. The minimum Gasteiger partial charge on any atom is -0.490 e. The van der Waals surface area contributed by atoms with Crippen molar-refractivity contribution in [3.05, 3.63) is 35.7 Å². The van der Waals surface area contributed by atoms with Crippen LogP contribution in [0.25, 0.3) is 0 Å². The van der Waals surface area contributed by atoms with Crippen LogP contribution in [0.1, 0.15) is 11.3 Å². The highest BCUT2D eigenvalue weighted by molar-refractivity contribution is 7.89. The molecule has 3 heterocycles. The molecule has 0 saturated heterocycles. The van der Waals surface area contributed by atoms with Gasteiger partial charge in [-0.1, -0.05) is 0 Å². The van der Waals surface area contributed by atoms with E-state index < -0.39 is 16.1 Å². The van der Waals surface area contributed by atoms with Gasteiger partial charge in [-0.25, -0.2) is 4.79 Å². The average Bonchev–Trinajstić information content (AvgIpc) is 3.13. The first-order valence-corrected chi connectivity index (χ1v) is 8.71. The Labute approximate surface area is 137 Å². The molecule has 0 bridgehead atoms. The summed E-state index contributed by atoms with van der Waals surface area (Å²) in [5.41, 5.74) is 1.68. The van der Waals surface area contributed by atoms with Crippen molar-refractivity contribution in [3.8, 4) is 5.75 Å². The number of hydrogen-bond donors (Lipinski definition) is 2. The quantitative estimate of drug-likeness (QED) is 0.828. The molecule has 9 nitrogen and oxygen atoms in total. The van der Waals surface area contributed by atoms with Crippen LogP contribution in [0.3, 0.4) is 0 Å². The van der Waals surface area contributed by atoms with Gasteiger partial charge in [0, 0.05) is 18.3 Å². The zero-order valence-corrected chi connectivity index (χ0v) is 13.3. The summed E-state index contributed by atoms with van der Waals surface area (Å²) in [6, 6.07) is 4.59. The van der Waals surface area contributed by atoms with Gasteiger partial charge in [0.05, 0.1) is 29.4 Å². The second-order valence-electron chi connectivity index (χ2n) is 5.55. The van der Waals surface area contributed by atoms with Crippen LogP contribution in [0.4, 0.5) is 10.5 Å². The molecule has 1 aromatic heterocycles. The fraction of sp³-hybridized carbons (Fsp3) is 0.286. The lowest BCUT2D eigenvalue weighted by atomic mass is 10.2. The number of benzene rings is 1. The summed E-state index contributed by atoms with van der Waals surface area (Å²) >= 11 is 0. The first kappa shape index (κ1) is 14.8. The standard InChI is InChI=1S/C14H14N4O5S/c19-14(20)17-6-9-7-18(16-12(9)8-17)24(21,22)10-1-2-13-11(5-10)15-3-4-23-13/h1-2,5,7,15H,3-4,6,8H2,(H,19,20). The third kappa shape index (κ3) is 2.26. The Morgan fingerprint density at radius 2 is 2.17 bits per heavy atom. The Kier molecular flexibility index (Phi) is 3.17. The fourth-order valence-electron chi connectivity index (χ4n) is 2.77. The summed E-state index contributed by atoms with van der Waals surface area (Å²) in [5.74, 6) is 0.611. The second-order valence-corrected chi connectivity index (χ2v) is 7.35. The first-order valence-electron chi connectivity index (χ1n) is 7.27. The van der Waals surface area contributed by atoms with Crippen molar-refractivity contribution < 1.29 is 23.1 Å². The van der Waals surface area contributed by atoms with Crippen LogP contribution >= 0.6 is 0 Å². The average molecular weight is 350 g/mol. The van der Waals surface area contributed by atoms with Crippen molar-refractivity contribution in [1.29, 1.82) is 0 Å². The topological polar surface area (TPSA) is 114 Å². The summed E-state index contributed by atoms with van der Waals surface area (Å²) in [6.45, 7) is 1.37. The zero-order valence-electron chi connectivity index (χ0n) is 12.5. The molecule has 24 heavy (non-hydrogen) atoms. The number of rotatable bonds is 2. The van der Waals surface area contributed by atoms with E-state index in [1.165, 1.54) is 23.2 Å². The number of anilines is 1. The molecule has 0 radical (unpaired) electrons. The summed E-state index contributed by atoms with van der Waals surface area (Å²) in [4.78, 5) is 12.2. The fourth-order valence-corrected chi connectivity index (χ4v) is 3.97. The third-order valence-electron chi connectivity index (χ3n) is 4.00. The van der Waals surface area contributed by atoms with Crippen LogP contribution in [-0.4, -0.2) is 46.9 Å². The van der Waals surface area contributed by atoms with Gasteiger partial charge in [0.1, 0.15) is 12.4 Å². The van der Waals surface area contributed by atoms with Gasteiger partial charge < -0.3 is 15.2 Å².